The van der Waals surface area contributed by atoms with Gasteiger partial charge in [-0.1, -0.05) is 0 Å². The Kier molecular flexibility index (Phi) is 5.15. The summed E-state index contributed by atoms with van der Waals surface area (Å²) < 4.78 is 30.4. The highest BCUT2D eigenvalue weighted by molar-refractivity contribution is 7.89. The van der Waals surface area contributed by atoms with Crippen molar-refractivity contribution >= 4 is 22.0 Å². The average Bonchev–Trinajstić information content (AvgIpc) is 2.36. The molecule has 0 aromatic rings. The Morgan fingerprint density at radius 1 is 1.30 bits per heavy atom. The second kappa shape index (κ2) is 6.09. The van der Waals surface area contributed by atoms with Crippen LogP contribution >= 0.6 is 0 Å². The van der Waals surface area contributed by atoms with E-state index in [1.807, 2.05) is 0 Å². The fourth-order valence-electron chi connectivity index (χ4n) is 2.26. The minimum Gasteiger partial charge on any atom is -0.481 e. The molecule has 0 atom stereocenters. The summed E-state index contributed by atoms with van der Waals surface area (Å²) in [6, 6.07) is 0. The molecule has 0 spiro atoms. The minimum absolute atomic E-state index is 0.177. The first kappa shape index (κ1) is 16.9. The van der Waals surface area contributed by atoms with Crippen LogP contribution in [0.25, 0.3) is 0 Å². The van der Waals surface area contributed by atoms with Crippen LogP contribution in [0.3, 0.4) is 0 Å². The summed E-state index contributed by atoms with van der Waals surface area (Å²) in [6.45, 7) is 3.38. The molecule has 1 fully saturated rings. The molecule has 20 heavy (non-hydrogen) atoms. The number of hydrogen-bond donors (Lipinski definition) is 1. The summed E-state index contributed by atoms with van der Waals surface area (Å²) >= 11 is 0. The van der Waals surface area contributed by atoms with Crippen LogP contribution in [0.5, 0.6) is 0 Å². The molecule has 1 aliphatic heterocycles. The Labute approximate surface area is 118 Å². The van der Waals surface area contributed by atoms with Gasteiger partial charge in [-0.05, 0) is 26.7 Å². The lowest BCUT2D eigenvalue weighted by molar-refractivity contribution is -0.149. The fourth-order valence-corrected chi connectivity index (χ4v) is 4.24. The highest BCUT2D eigenvalue weighted by Crippen LogP contribution is 2.25. The van der Waals surface area contributed by atoms with E-state index in [2.05, 4.69) is 4.74 Å². The Hall–Kier alpha value is -1.15. The molecule has 0 radical (unpaired) electrons. The Balaban J connectivity index is 2.72. The van der Waals surface area contributed by atoms with Crippen LogP contribution in [-0.2, 0) is 24.3 Å². The van der Waals surface area contributed by atoms with Gasteiger partial charge in [-0.15, -0.1) is 0 Å². The fraction of sp³-hybridized carbons (Fsp3) is 0.833. The zero-order valence-corrected chi connectivity index (χ0v) is 12.8. The zero-order valence-electron chi connectivity index (χ0n) is 12.0. The Morgan fingerprint density at radius 2 is 1.80 bits per heavy atom. The number of aliphatic carboxylic acids is 1. The molecule has 0 aliphatic carbocycles. The number of rotatable bonds is 5. The van der Waals surface area contributed by atoms with E-state index in [1.165, 1.54) is 25.3 Å². The van der Waals surface area contributed by atoms with Crippen LogP contribution in [0, 0.1) is 11.3 Å². The van der Waals surface area contributed by atoms with Gasteiger partial charge in [0.25, 0.3) is 0 Å². The molecule has 1 N–H and O–H groups in total. The SMILES string of the molecule is COC(=O)C(C)(C)CS(=O)(=O)N1CCC(C(=O)O)CC1. The molecule has 7 nitrogen and oxygen atoms in total. The summed E-state index contributed by atoms with van der Waals surface area (Å²) in [5, 5.41) is 8.89. The first-order valence-corrected chi connectivity index (χ1v) is 8.00. The smallest absolute Gasteiger partial charge is 0.312 e. The zero-order chi connectivity index (χ0) is 15.6. The first-order valence-electron chi connectivity index (χ1n) is 6.39. The molecule has 0 saturated carbocycles. The van der Waals surface area contributed by atoms with Gasteiger partial charge < -0.3 is 9.84 Å². The van der Waals surface area contributed by atoms with Crippen molar-refractivity contribution in [3.63, 3.8) is 0 Å². The monoisotopic (exact) mass is 307 g/mol. The molecule has 1 saturated heterocycles. The standard InChI is InChI=1S/C12H21NO6S/c1-12(2,11(16)19-3)8-20(17,18)13-6-4-9(5-7-13)10(14)15/h9H,4-8H2,1-3H3,(H,14,15). The van der Waals surface area contributed by atoms with Crippen LogP contribution in [0.15, 0.2) is 0 Å². The molecule has 0 aromatic carbocycles. The highest BCUT2D eigenvalue weighted by atomic mass is 32.2. The number of sulfonamides is 1. The predicted octanol–water partition coefficient (Wildman–Crippen LogP) is 0.312. The lowest BCUT2D eigenvalue weighted by Gasteiger charge is -2.31. The van der Waals surface area contributed by atoms with E-state index in [1.54, 1.807) is 0 Å². The van der Waals surface area contributed by atoms with Gasteiger partial charge in [-0.2, -0.15) is 0 Å². The topological polar surface area (TPSA) is 101 Å². The van der Waals surface area contributed by atoms with E-state index < -0.39 is 33.3 Å². The van der Waals surface area contributed by atoms with E-state index in [0.29, 0.717) is 12.8 Å². The third-order valence-corrected chi connectivity index (χ3v) is 5.72. The first-order chi connectivity index (χ1) is 9.10. The van der Waals surface area contributed by atoms with Crippen molar-refractivity contribution in [3.8, 4) is 0 Å². The molecule has 0 aromatic heterocycles. The summed E-state index contributed by atoms with van der Waals surface area (Å²) in [5.74, 6) is -2.31. The second-order valence-electron chi connectivity index (χ2n) is 5.64. The van der Waals surface area contributed by atoms with Gasteiger partial charge in [0.2, 0.25) is 10.0 Å². The molecule has 1 aliphatic rings. The number of carboxylic acid groups (broad SMARTS) is 1. The van der Waals surface area contributed by atoms with Gasteiger partial charge in [0.15, 0.2) is 0 Å². The number of carbonyl (C=O) groups excluding carboxylic acids is 1. The molecule has 0 amide bonds. The van der Waals surface area contributed by atoms with Gasteiger partial charge in [-0.3, -0.25) is 9.59 Å². The number of methoxy groups -OCH3 is 1. The van der Waals surface area contributed by atoms with Gasteiger partial charge in [-0.25, -0.2) is 12.7 Å². The number of carbonyl (C=O) groups is 2. The summed E-state index contributed by atoms with van der Waals surface area (Å²) in [6.07, 6.45) is 0.598. The van der Waals surface area contributed by atoms with E-state index in [-0.39, 0.29) is 18.8 Å². The van der Waals surface area contributed by atoms with Gasteiger partial charge in [0, 0.05) is 13.1 Å². The molecule has 1 rings (SSSR count). The molecular formula is C12H21NO6S. The van der Waals surface area contributed by atoms with Crippen LogP contribution in [0.4, 0.5) is 0 Å². The van der Waals surface area contributed by atoms with Gasteiger partial charge in [0.05, 0.1) is 24.2 Å². The van der Waals surface area contributed by atoms with Gasteiger partial charge in [0.1, 0.15) is 0 Å². The van der Waals surface area contributed by atoms with Crippen LogP contribution in [-0.4, -0.2) is 55.7 Å². The quantitative estimate of drug-likeness (QED) is 0.734. The molecule has 8 heteroatoms. The van der Waals surface area contributed by atoms with Crippen LogP contribution in [0.2, 0.25) is 0 Å². The van der Waals surface area contributed by atoms with Crippen molar-refractivity contribution in [1.82, 2.24) is 4.31 Å². The lowest BCUT2D eigenvalue weighted by Crippen LogP contribution is -2.45. The second-order valence-corrected chi connectivity index (χ2v) is 7.61. The van der Waals surface area contributed by atoms with Crippen molar-refractivity contribution in [2.75, 3.05) is 26.0 Å². The van der Waals surface area contributed by atoms with Crippen molar-refractivity contribution in [2.45, 2.75) is 26.7 Å². The van der Waals surface area contributed by atoms with E-state index in [4.69, 9.17) is 5.11 Å². The highest BCUT2D eigenvalue weighted by Gasteiger charge is 2.39. The van der Waals surface area contributed by atoms with E-state index in [9.17, 15) is 18.0 Å². The average molecular weight is 307 g/mol. The number of hydrogen-bond acceptors (Lipinski definition) is 5. The molecule has 1 heterocycles. The molecule has 0 unspecified atom stereocenters. The summed E-state index contributed by atoms with van der Waals surface area (Å²) in [4.78, 5) is 22.4. The maximum absolute atomic E-state index is 12.3. The van der Waals surface area contributed by atoms with Crippen LogP contribution < -0.4 is 0 Å². The molecule has 116 valence electrons. The van der Waals surface area contributed by atoms with Gasteiger partial charge >= 0.3 is 11.9 Å². The Morgan fingerprint density at radius 3 is 2.20 bits per heavy atom. The van der Waals surface area contributed by atoms with Crippen molar-refractivity contribution in [3.05, 3.63) is 0 Å². The summed E-state index contributed by atoms with van der Waals surface area (Å²) in [5.41, 5.74) is -1.13. The number of carboxylic acids is 1. The number of nitrogens with zero attached hydrogens (tertiary/aromatic N) is 1. The van der Waals surface area contributed by atoms with Crippen LogP contribution in [0.1, 0.15) is 26.7 Å². The number of piperidine rings is 1. The maximum atomic E-state index is 12.3. The van der Waals surface area contributed by atoms with Crippen molar-refractivity contribution < 1.29 is 27.9 Å². The number of esters is 1. The maximum Gasteiger partial charge on any atom is 0.312 e. The molecule has 0 bridgehead atoms. The number of ether oxygens (including phenoxy) is 1. The largest absolute Gasteiger partial charge is 0.481 e. The third kappa shape index (κ3) is 3.92. The predicted molar refractivity (Wildman–Crippen MR) is 71.5 cm³/mol. The lowest BCUT2D eigenvalue weighted by atomic mass is 9.97. The normalized spacial score (nSPS) is 18.8. The minimum atomic E-state index is -3.61. The van der Waals surface area contributed by atoms with Crippen molar-refractivity contribution in [1.29, 1.82) is 0 Å². The summed E-state index contributed by atoms with van der Waals surface area (Å²) in [7, 11) is -2.39. The molecular weight excluding hydrogens is 286 g/mol. The van der Waals surface area contributed by atoms with E-state index in [0.717, 1.165) is 0 Å². The van der Waals surface area contributed by atoms with Crippen molar-refractivity contribution in [2.24, 2.45) is 11.3 Å². The third-order valence-electron chi connectivity index (χ3n) is 3.48. The Bertz CT molecular complexity index is 476. The van der Waals surface area contributed by atoms with E-state index >= 15 is 0 Å².